The number of nitrogens with zero attached hydrogens (tertiary/aromatic N) is 2. The number of amides is 2. The topological polar surface area (TPSA) is 71.5 Å². The minimum atomic E-state index is -0.515. The summed E-state index contributed by atoms with van der Waals surface area (Å²) in [6.07, 6.45) is 1.49. The second-order valence-electron chi connectivity index (χ2n) is 8.46. The Kier molecular flexibility index (Phi) is 5.87. The minimum Gasteiger partial charge on any atom is -0.444 e. The highest BCUT2D eigenvalue weighted by atomic mass is 16.6. The molecule has 0 aliphatic carbocycles. The fraction of sp³-hybridized carbons (Fsp3) is 0.500. The molecule has 2 heterocycles. The number of carbonyl (C=O) groups is 2. The van der Waals surface area contributed by atoms with Crippen LogP contribution in [0, 0.1) is 12.8 Å². The third-order valence-corrected chi connectivity index (χ3v) is 4.89. The molecule has 1 aliphatic rings. The Morgan fingerprint density at radius 3 is 2.79 bits per heavy atom. The van der Waals surface area contributed by atoms with Gasteiger partial charge in [-0.1, -0.05) is 18.2 Å². The summed E-state index contributed by atoms with van der Waals surface area (Å²) < 4.78 is 5.29. The molecule has 3 rings (SSSR count). The van der Waals surface area contributed by atoms with Gasteiger partial charge in [0, 0.05) is 25.0 Å². The Bertz CT molecular complexity index is 873. The number of piperidine rings is 1. The van der Waals surface area contributed by atoms with E-state index in [4.69, 9.17) is 4.74 Å². The molecule has 1 aromatic carbocycles. The van der Waals surface area contributed by atoms with Crippen LogP contribution < -0.4 is 5.32 Å². The number of carbonyl (C=O) groups excluding carboxylic acids is 2. The monoisotopic (exact) mass is 383 g/mol. The van der Waals surface area contributed by atoms with E-state index >= 15 is 0 Å². The van der Waals surface area contributed by atoms with Gasteiger partial charge in [0.2, 0.25) is 0 Å². The van der Waals surface area contributed by atoms with Crippen molar-refractivity contribution in [2.24, 2.45) is 5.92 Å². The van der Waals surface area contributed by atoms with Crippen LogP contribution in [-0.4, -0.2) is 47.1 Å². The first-order chi connectivity index (χ1) is 13.2. The van der Waals surface area contributed by atoms with Crippen molar-refractivity contribution in [3.63, 3.8) is 0 Å². The predicted molar refractivity (Wildman–Crippen MR) is 109 cm³/mol. The smallest absolute Gasteiger partial charge is 0.407 e. The second kappa shape index (κ2) is 8.17. The first kappa shape index (κ1) is 20.1. The summed E-state index contributed by atoms with van der Waals surface area (Å²) in [4.78, 5) is 31.5. The van der Waals surface area contributed by atoms with Crippen LogP contribution in [-0.2, 0) is 4.74 Å². The average Bonchev–Trinajstić information content (AvgIpc) is 2.64. The van der Waals surface area contributed by atoms with E-state index in [1.54, 1.807) is 0 Å². The maximum Gasteiger partial charge on any atom is 0.407 e. The summed E-state index contributed by atoms with van der Waals surface area (Å²) in [6.45, 7) is 9.27. The van der Waals surface area contributed by atoms with Crippen molar-refractivity contribution in [2.45, 2.75) is 46.1 Å². The molecule has 0 spiro atoms. The molecule has 1 N–H and O–H groups in total. The maximum atomic E-state index is 13.1. The lowest BCUT2D eigenvalue weighted by atomic mass is 9.97. The number of alkyl carbamates (subject to hydrolysis) is 1. The van der Waals surface area contributed by atoms with Crippen molar-refractivity contribution < 1.29 is 14.3 Å². The molecule has 0 radical (unpaired) electrons. The highest BCUT2D eigenvalue weighted by Crippen LogP contribution is 2.22. The molecular formula is C22H29N3O3. The number of fused-ring (bicyclic) bond motifs is 1. The third-order valence-electron chi connectivity index (χ3n) is 4.89. The summed E-state index contributed by atoms with van der Waals surface area (Å²) in [5.74, 6) is 0.233. The molecule has 6 nitrogen and oxygen atoms in total. The molecule has 6 heteroatoms. The van der Waals surface area contributed by atoms with E-state index in [0.29, 0.717) is 18.7 Å². The van der Waals surface area contributed by atoms with Crippen LogP contribution in [0.15, 0.2) is 30.3 Å². The Labute approximate surface area is 166 Å². The normalized spacial score (nSPS) is 17.4. The maximum absolute atomic E-state index is 13.1. The minimum absolute atomic E-state index is 0.0118. The van der Waals surface area contributed by atoms with Gasteiger partial charge in [-0.05, 0) is 58.6 Å². The third kappa shape index (κ3) is 5.00. The van der Waals surface area contributed by atoms with Gasteiger partial charge in [-0.3, -0.25) is 9.78 Å². The SMILES string of the molecule is Cc1nc2ccccc2cc1C(=O)N1CCCC(CNC(=O)OC(C)(C)C)C1. The van der Waals surface area contributed by atoms with Gasteiger partial charge in [0.05, 0.1) is 16.8 Å². The zero-order chi connectivity index (χ0) is 20.3. The van der Waals surface area contributed by atoms with E-state index < -0.39 is 11.7 Å². The molecule has 1 aliphatic heterocycles. The van der Waals surface area contributed by atoms with E-state index in [1.807, 2.05) is 62.9 Å². The number of para-hydroxylation sites is 1. The van der Waals surface area contributed by atoms with Crippen molar-refractivity contribution in [3.05, 3.63) is 41.6 Å². The number of rotatable bonds is 3. The molecule has 1 saturated heterocycles. The van der Waals surface area contributed by atoms with Crippen LogP contribution >= 0.6 is 0 Å². The summed E-state index contributed by atoms with van der Waals surface area (Å²) in [5.41, 5.74) is 1.78. The van der Waals surface area contributed by atoms with Crippen molar-refractivity contribution in [3.8, 4) is 0 Å². The fourth-order valence-corrected chi connectivity index (χ4v) is 3.56. The fourth-order valence-electron chi connectivity index (χ4n) is 3.56. The second-order valence-corrected chi connectivity index (χ2v) is 8.46. The van der Waals surface area contributed by atoms with Crippen LogP contribution in [0.3, 0.4) is 0 Å². The van der Waals surface area contributed by atoms with Gasteiger partial charge in [0.1, 0.15) is 5.60 Å². The number of likely N-dealkylation sites (tertiary alicyclic amines) is 1. The number of nitrogens with one attached hydrogen (secondary N) is 1. The van der Waals surface area contributed by atoms with E-state index in [2.05, 4.69) is 10.3 Å². The molecule has 0 saturated carbocycles. The van der Waals surface area contributed by atoms with Gasteiger partial charge in [-0.15, -0.1) is 0 Å². The number of pyridine rings is 1. The lowest BCUT2D eigenvalue weighted by molar-refractivity contribution is 0.0502. The number of hydrogen-bond donors (Lipinski definition) is 1. The molecule has 2 amide bonds. The Morgan fingerprint density at radius 1 is 1.29 bits per heavy atom. The standard InChI is InChI=1S/C22H29N3O3/c1-15-18(12-17-9-5-6-10-19(17)24-15)20(26)25-11-7-8-16(14-25)13-23-21(27)28-22(2,3)4/h5-6,9-10,12,16H,7-8,11,13-14H2,1-4H3,(H,23,27). The van der Waals surface area contributed by atoms with Gasteiger partial charge in [-0.2, -0.15) is 0 Å². The molecule has 0 bridgehead atoms. The summed E-state index contributed by atoms with van der Waals surface area (Å²) >= 11 is 0. The van der Waals surface area contributed by atoms with Gasteiger partial charge in [0.15, 0.2) is 0 Å². The van der Waals surface area contributed by atoms with Crippen molar-refractivity contribution in [2.75, 3.05) is 19.6 Å². The first-order valence-corrected chi connectivity index (χ1v) is 9.85. The zero-order valence-electron chi connectivity index (χ0n) is 17.1. The lowest BCUT2D eigenvalue weighted by Crippen LogP contribution is -2.44. The Hall–Kier alpha value is -2.63. The number of ether oxygens (including phenoxy) is 1. The molecule has 1 aromatic heterocycles. The van der Waals surface area contributed by atoms with Gasteiger partial charge in [0.25, 0.3) is 5.91 Å². The molecule has 28 heavy (non-hydrogen) atoms. The number of aromatic nitrogens is 1. The first-order valence-electron chi connectivity index (χ1n) is 9.85. The number of aryl methyl sites for hydroxylation is 1. The van der Waals surface area contributed by atoms with Crippen molar-refractivity contribution >= 4 is 22.9 Å². The molecule has 1 atom stereocenters. The highest BCUT2D eigenvalue weighted by Gasteiger charge is 2.26. The zero-order valence-corrected chi connectivity index (χ0v) is 17.1. The van der Waals surface area contributed by atoms with Crippen LogP contribution in [0.1, 0.15) is 49.7 Å². The largest absolute Gasteiger partial charge is 0.444 e. The Balaban J connectivity index is 1.65. The summed E-state index contributed by atoms with van der Waals surface area (Å²) in [5, 5.41) is 3.80. The lowest BCUT2D eigenvalue weighted by Gasteiger charge is -2.33. The van der Waals surface area contributed by atoms with Crippen LogP contribution in [0.4, 0.5) is 4.79 Å². The number of benzene rings is 1. The van der Waals surface area contributed by atoms with Crippen LogP contribution in [0.5, 0.6) is 0 Å². The van der Waals surface area contributed by atoms with Crippen molar-refractivity contribution in [1.29, 1.82) is 0 Å². The molecular weight excluding hydrogens is 354 g/mol. The van der Waals surface area contributed by atoms with Crippen LogP contribution in [0.2, 0.25) is 0 Å². The average molecular weight is 383 g/mol. The quantitative estimate of drug-likeness (QED) is 0.872. The highest BCUT2D eigenvalue weighted by molar-refractivity contribution is 5.98. The summed E-state index contributed by atoms with van der Waals surface area (Å²) in [6, 6.07) is 9.76. The summed E-state index contributed by atoms with van der Waals surface area (Å²) in [7, 11) is 0. The van der Waals surface area contributed by atoms with Gasteiger partial charge < -0.3 is 15.0 Å². The van der Waals surface area contributed by atoms with E-state index in [0.717, 1.165) is 36.0 Å². The van der Waals surface area contributed by atoms with Gasteiger partial charge >= 0.3 is 6.09 Å². The van der Waals surface area contributed by atoms with Crippen molar-refractivity contribution in [1.82, 2.24) is 15.2 Å². The molecule has 1 fully saturated rings. The van der Waals surface area contributed by atoms with Crippen LogP contribution in [0.25, 0.3) is 10.9 Å². The van der Waals surface area contributed by atoms with E-state index in [-0.39, 0.29) is 11.8 Å². The Morgan fingerprint density at radius 2 is 2.04 bits per heavy atom. The molecule has 150 valence electrons. The van der Waals surface area contributed by atoms with Gasteiger partial charge in [-0.25, -0.2) is 4.79 Å². The molecule has 1 unspecified atom stereocenters. The molecule has 2 aromatic rings. The number of hydrogen-bond acceptors (Lipinski definition) is 4. The van der Waals surface area contributed by atoms with E-state index in [1.165, 1.54) is 0 Å². The predicted octanol–water partition coefficient (Wildman–Crippen LogP) is 3.92. The van der Waals surface area contributed by atoms with E-state index in [9.17, 15) is 9.59 Å².